The molecular weight excluding hydrogens is 827 g/mol. The van der Waals surface area contributed by atoms with Crippen LogP contribution in [0.1, 0.15) is 53.1 Å². The largest absolute Gasteiger partial charge is 0.445 e. The molecule has 322 valence electrons. The molecule has 0 saturated carbocycles. The van der Waals surface area contributed by atoms with Crippen molar-refractivity contribution in [1.29, 1.82) is 0 Å². The first-order chi connectivity index (χ1) is 31.4. The molecular formula is C52H45N3O8S. The lowest BCUT2D eigenvalue weighted by Crippen LogP contribution is -2.41. The van der Waals surface area contributed by atoms with E-state index in [9.17, 15) is 19.5 Å². The van der Waals surface area contributed by atoms with Gasteiger partial charge in [0, 0.05) is 28.9 Å². The number of likely N-dealkylation sites (tertiary alicyclic amines) is 1. The van der Waals surface area contributed by atoms with Crippen LogP contribution in [0.4, 0.5) is 4.79 Å². The number of rotatable bonds is 14. The van der Waals surface area contributed by atoms with Crippen LogP contribution in [0.5, 0.6) is 0 Å². The number of ether oxygens (including phenoxy) is 3. The third-order valence-electron chi connectivity index (χ3n) is 11.3. The second kappa shape index (κ2) is 19.7. The van der Waals surface area contributed by atoms with Crippen LogP contribution in [0, 0.1) is 0 Å². The number of alkyl carbamates (subject to hydrolysis) is 1. The Morgan fingerprint density at radius 1 is 0.734 bits per heavy atom. The minimum atomic E-state index is -1.01. The normalized spacial score (nSPS) is 18.5. The smallest absolute Gasteiger partial charge is 0.408 e. The molecule has 7 aromatic rings. The van der Waals surface area contributed by atoms with Crippen LogP contribution in [0.3, 0.4) is 0 Å². The molecule has 4 atom stereocenters. The molecule has 3 amide bonds. The van der Waals surface area contributed by atoms with Crippen LogP contribution in [0.15, 0.2) is 173 Å². The van der Waals surface area contributed by atoms with E-state index in [1.165, 1.54) is 16.7 Å². The third-order valence-corrected chi connectivity index (χ3v) is 12.2. The van der Waals surface area contributed by atoms with E-state index in [1.54, 1.807) is 0 Å². The molecule has 64 heavy (non-hydrogen) atoms. The first-order valence-corrected chi connectivity index (χ1v) is 22.1. The Kier molecular flexibility index (Phi) is 13.1. The maximum absolute atomic E-state index is 13.4. The zero-order valence-electron chi connectivity index (χ0n) is 34.7. The summed E-state index contributed by atoms with van der Waals surface area (Å²) in [7, 11) is 0. The second-order valence-electron chi connectivity index (χ2n) is 15.6. The number of aliphatic hydroxyl groups excluding tert-OH is 1. The van der Waals surface area contributed by atoms with Crippen molar-refractivity contribution in [1.82, 2.24) is 15.2 Å². The molecule has 11 nitrogen and oxygen atoms in total. The van der Waals surface area contributed by atoms with Gasteiger partial charge in [-0.25, -0.2) is 9.78 Å². The number of hydrogen-bond acceptors (Lipinski definition) is 10. The Labute approximate surface area is 375 Å². The van der Waals surface area contributed by atoms with Gasteiger partial charge in [-0.2, -0.15) is 0 Å². The van der Waals surface area contributed by atoms with E-state index < -0.39 is 24.3 Å². The average Bonchev–Trinajstić information content (AvgIpc) is 3.90. The number of aromatic nitrogens is 1. The molecule has 0 bridgehead atoms. The van der Waals surface area contributed by atoms with Crippen molar-refractivity contribution in [3.63, 3.8) is 0 Å². The predicted molar refractivity (Wildman–Crippen MR) is 242 cm³/mol. The van der Waals surface area contributed by atoms with E-state index in [1.807, 2.05) is 164 Å². The van der Waals surface area contributed by atoms with Gasteiger partial charge < -0.3 is 29.1 Å². The molecule has 0 spiro atoms. The lowest BCUT2D eigenvalue weighted by atomic mass is 9.97. The Morgan fingerprint density at radius 3 is 2.11 bits per heavy atom. The molecule has 9 rings (SSSR count). The van der Waals surface area contributed by atoms with Crippen molar-refractivity contribution in [2.24, 2.45) is 0 Å². The number of carbonyl (C=O) groups excluding carboxylic acids is 3. The molecule has 2 saturated heterocycles. The molecule has 6 aromatic carbocycles. The summed E-state index contributed by atoms with van der Waals surface area (Å²) in [6, 6.07) is 51.5. The minimum Gasteiger partial charge on any atom is -0.445 e. The zero-order chi connectivity index (χ0) is 43.8. The fourth-order valence-electron chi connectivity index (χ4n) is 7.93. The highest BCUT2D eigenvalue weighted by atomic mass is 32.2. The highest BCUT2D eigenvalue weighted by molar-refractivity contribution is 7.99. The van der Waals surface area contributed by atoms with Gasteiger partial charge in [0.15, 0.2) is 12.1 Å². The highest BCUT2D eigenvalue weighted by Crippen LogP contribution is 2.41. The summed E-state index contributed by atoms with van der Waals surface area (Å²) in [6.07, 6.45) is -1.54. The van der Waals surface area contributed by atoms with Crippen molar-refractivity contribution < 1.29 is 38.1 Å². The summed E-state index contributed by atoms with van der Waals surface area (Å²) in [6.45, 7) is 0.0423. The average molecular weight is 872 g/mol. The number of aliphatic hydroxyl groups is 1. The fraction of sp³-hybridized carbons (Fsp3) is 0.192. The maximum Gasteiger partial charge on any atom is 0.408 e. The van der Waals surface area contributed by atoms with Crippen LogP contribution in [0.2, 0.25) is 0 Å². The second-order valence-corrected chi connectivity index (χ2v) is 16.6. The van der Waals surface area contributed by atoms with Gasteiger partial charge in [0.25, 0.3) is 11.1 Å². The number of nitrogens with one attached hydrogen (secondary N) is 1. The molecule has 2 aliphatic heterocycles. The van der Waals surface area contributed by atoms with Crippen LogP contribution >= 0.6 is 11.8 Å². The number of benzene rings is 6. The van der Waals surface area contributed by atoms with Crippen molar-refractivity contribution in [2.75, 3.05) is 5.75 Å². The molecule has 2 fully saturated rings. The van der Waals surface area contributed by atoms with E-state index in [2.05, 4.69) is 5.32 Å². The highest BCUT2D eigenvalue weighted by Gasteiger charge is 2.40. The Hall–Kier alpha value is -6.83. The van der Waals surface area contributed by atoms with Gasteiger partial charge in [-0.15, -0.1) is 0 Å². The van der Waals surface area contributed by atoms with E-state index in [0.717, 1.165) is 55.8 Å². The van der Waals surface area contributed by atoms with Gasteiger partial charge in [0.2, 0.25) is 5.91 Å². The number of amides is 3. The summed E-state index contributed by atoms with van der Waals surface area (Å²) in [5.74, 6) is 0.404. The van der Waals surface area contributed by atoms with Crippen molar-refractivity contribution in [3.8, 4) is 33.7 Å². The van der Waals surface area contributed by atoms with Crippen molar-refractivity contribution >= 4 is 29.7 Å². The standard InChI is InChI=1S/C52H45N3O8S/c56-31-34-20-22-37(23-21-34)45-28-42(33-64-52-54-47(38-14-6-2-7-15-38)48(63-52)39-16-8-3-9-17-39)61-50(62-45)40-26-24-36(25-27-40)43-19-11-10-18-41(43)30-55-46(57)29-44(49(55)58)53-51(59)60-32-35-12-4-1-5-13-35/h1-27,42,44-45,50,56H,28-33H2,(H,53,59)/t42-,44?,45+,50+/m1/s1. The lowest BCUT2D eigenvalue weighted by molar-refractivity contribution is -0.245. The van der Waals surface area contributed by atoms with E-state index >= 15 is 0 Å². The summed E-state index contributed by atoms with van der Waals surface area (Å²) in [5.41, 5.74) is 8.62. The molecule has 1 aromatic heterocycles. The third kappa shape index (κ3) is 9.85. The first-order valence-electron chi connectivity index (χ1n) is 21.1. The minimum absolute atomic E-state index is 0.0436. The molecule has 0 aliphatic carbocycles. The summed E-state index contributed by atoms with van der Waals surface area (Å²) < 4.78 is 25.1. The van der Waals surface area contributed by atoms with E-state index in [0.29, 0.717) is 23.2 Å². The SMILES string of the molecule is O=C(NC1CC(=O)N(Cc2ccccc2-c2ccc([C@H]3O[C@@H](CSc4nc(-c5ccccc5)c(-c5ccccc5)o4)C[C@@H](c4ccc(CO)cc4)O3)cc2)C1=O)OCc1ccccc1. The van der Waals surface area contributed by atoms with Crippen LogP contribution in [0.25, 0.3) is 33.7 Å². The number of carbonyl (C=O) groups is 3. The summed E-state index contributed by atoms with van der Waals surface area (Å²) in [4.78, 5) is 45.3. The lowest BCUT2D eigenvalue weighted by Gasteiger charge is -2.36. The summed E-state index contributed by atoms with van der Waals surface area (Å²) >= 11 is 1.50. The van der Waals surface area contributed by atoms with Gasteiger partial charge in [-0.3, -0.25) is 14.5 Å². The van der Waals surface area contributed by atoms with Crippen LogP contribution in [-0.4, -0.2) is 50.8 Å². The van der Waals surface area contributed by atoms with Crippen LogP contribution < -0.4 is 5.32 Å². The Morgan fingerprint density at radius 2 is 1.39 bits per heavy atom. The maximum atomic E-state index is 13.4. The molecule has 1 unspecified atom stereocenters. The van der Waals surface area contributed by atoms with Gasteiger partial charge in [0.1, 0.15) is 18.3 Å². The monoisotopic (exact) mass is 871 g/mol. The zero-order valence-corrected chi connectivity index (χ0v) is 35.6. The number of imide groups is 1. The predicted octanol–water partition coefficient (Wildman–Crippen LogP) is 10.1. The van der Waals surface area contributed by atoms with E-state index in [4.69, 9.17) is 23.6 Å². The number of oxazole rings is 1. The topological polar surface area (TPSA) is 140 Å². The van der Waals surface area contributed by atoms with Crippen LogP contribution in [-0.2, 0) is 43.6 Å². The van der Waals surface area contributed by atoms with Gasteiger partial charge >= 0.3 is 6.09 Å². The molecule has 2 N–H and O–H groups in total. The molecule has 12 heteroatoms. The van der Waals surface area contributed by atoms with Crippen molar-refractivity contribution in [3.05, 3.63) is 192 Å². The van der Waals surface area contributed by atoms with Gasteiger partial charge in [0.05, 0.1) is 31.8 Å². The Bertz CT molecular complexity index is 2640. The quantitative estimate of drug-likeness (QED) is 0.0802. The number of hydrogen-bond donors (Lipinski definition) is 2. The Balaban J connectivity index is 0.901. The van der Waals surface area contributed by atoms with Gasteiger partial charge in [-0.1, -0.05) is 176 Å². The number of thioether (sulfide) groups is 1. The van der Waals surface area contributed by atoms with Gasteiger partial charge in [-0.05, 0) is 33.4 Å². The molecule has 0 radical (unpaired) electrons. The number of nitrogens with zero attached hydrogens (tertiary/aromatic N) is 2. The summed E-state index contributed by atoms with van der Waals surface area (Å²) in [5, 5.41) is 12.8. The first kappa shape index (κ1) is 42.5. The van der Waals surface area contributed by atoms with Crippen molar-refractivity contribution in [2.45, 2.75) is 62.4 Å². The fourth-order valence-corrected chi connectivity index (χ4v) is 8.77. The molecule has 2 aliphatic rings. The molecule has 3 heterocycles. The van der Waals surface area contributed by atoms with E-state index in [-0.39, 0.29) is 44.3 Å².